The molecule has 0 aliphatic carbocycles. The predicted octanol–water partition coefficient (Wildman–Crippen LogP) is 2.19. The molecule has 1 aromatic heterocycles. The van der Waals surface area contributed by atoms with Crippen molar-refractivity contribution in [2.45, 2.75) is 52.0 Å². The Morgan fingerprint density at radius 3 is 2.52 bits per heavy atom. The van der Waals surface area contributed by atoms with Gasteiger partial charge in [0.15, 0.2) is 0 Å². The Bertz CT molecular complexity index is 588. The number of piperidine rings is 1. The smallest absolute Gasteiger partial charge is 0.301 e. The van der Waals surface area contributed by atoms with Crippen LogP contribution in [0.1, 0.15) is 51.1 Å². The van der Waals surface area contributed by atoms with Crippen molar-refractivity contribution in [3.05, 3.63) is 31.6 Å². The summed E-state index contributed by atoms with van der Waals surface area (Å²) in [7, 11) is 0. The monoisotopic (exact) mass is 313 g/mol. The molecule has 1 fully saturated rings. The Labute approximate surface area is 129 Å². The van der Waals surface area contributed by atoms with Crippen molar-refractivity contribution in [2.24, 2.45) is 0 Å². The lowest BCUT2D eigenvalue weighted by Gasteiger charge is -2.29. The van der Waals surface area contributed by atoms with E-state index >= 15 is 0 Å². The van der Waals surface area contributed by atoms with Crippen molar-refractivity contribution in [1.82, 2.24) is 14.5 Å². The third-order valence-corrected chi connectivity index (χ3v) is 4.41. The molecule has 2 heterocycles. The number of H-pyrrole nitrogens is 1. The van der Waals surface area contributed by atoms with Crippen LogP contribution in [0.25, 0.3) is 0 Å². The SMILES string of the molecule is CCCc1c(Cl)[nH]c(=O)n(C(C)CN2CCCCC2)c1=O. The molecule has 1 aliphatic heterocycles. The molecular weight excluding hydrogens is 290 g/mol. The average molecular weight is 314 g/mol. The van der Waals surface area contributed by atoms with Crippen LogP contribution in [-0.2, 0) is 6.42 Å². The summed E-state index contributed by atoms with van der Waals surface area (Å²) in [6.07, 6.45) is 5.07. The van der Waals surface area contributed by atoms with E-state index in [0.717, 1.165) is 26.1 Å². The molecule has 0 spiro atoms. The van der Waals surface area contributed by atoms with Gasteiger partial charge in [0.2, 0.25) is 0 Å². The number of likely N-dealkylation sites (tertiary alicyclic amines) is 1. The molecular formula is C15H24ClN3O2. The predicted molar refractivity (Wildman–Crippen MR) is 85.3 cm³/mol. The zero-order valence-electron chi connectivity index (χ0n) is 12.8. The highest BCUT2D eigenvalue weighted by molar-refractivity contribution is 6.30. The second-order valence-corrected chi connectivity index (χ2v) is 6.24. The van der Waals surface area contributed by atoms with Gasteiger partial charge in [0.25, 0.3) is 5.56 Å². The standard InChI is InChI=1S/C15H24ClN3O2/c1-3-7-12-13(16)17-15(21)19(14(12)20)11(2)10-18-8-5-4-6-9-18/h11H,3-10H2,1-2H3,(H,17,21). The first kappa shape index (κ1) is 16.3. The van der Waals surface area contributed by atoms with Crippen molar-refractivity contribution in [3.63, 3.8) is 0 Å². The molecule has 1 aromatic rings. The molecule has 0 radical (unpaired) electrons. The molecule has 5 nitrogen and oxygen atoms in total. The fraction of sp³-hybridized carbons (Fsp3) is 0.733. The normalized spacial score (nSPS) is 17.9. The summed E-state index contributed by atoms with van der Waals surface area (Å²) >= 11 is 6.00. The van der Waals surface area contributed by atoms with Crippen LogP contribution in [0, 0.1) is 0 Å². The van der Waals surface area contributed by atoms with Gasteiger partial charge in [0, 0.05) is 6.54 Å². The highest BCUT2D eigenvalue weighted by atomic mass is 35.5. The molecule has 118 valence electrons. The molecule has 1 unspecified atom stereocenters. The first-order valence-corrected chi connectivity index (χ1v) is 8.18. The van der Waals surface area contributed by atoms with E-state index in [-0.39, 0.29) is 16.8 Å². The van der Waals surface area contributed by atoms with Gasteiger partial charge in [0.05, 0.1) is 11.6 Å². The van der Waals surface area contributed by atoms with Crippen LogP contribution in [0.4, 0.5) is 0 Å². The lowest BCUT2D eigenvalue weighted by Crippen LogP contribution is -2.44. The van der Waals surface area contributed by atoms with Gasteiger partial charge in [-0.25, -0.2) is 4.79 Å². The summed E-state index contributed by atoms with van der Waals surface area (Å²) in [4.78, 5) is 29.6. The Morgan fingerprint density at radius 1 is 1.24 bits per heavy atom. The quantitative estimate of drug-likeness (QED) is 0.848. The first-order valence-electron chi connectivity index (χ1n) is 7.80. The Kier molecular flexibility index (Phi) is 5.65. The lowest BCUT2D eigenvalue weighted by atomic mass is 10.1. The molecule has 0 aromatic carbocycles. The molecule has 1 atom stereocenters. The van der Waals surface area contributed by atoms with Gasteiger partial charge in [-0.2, -0.15) is 0 Å². The van der Waals surface area contributed by atoms with Crippen LogP contribution in [0.2, 0.25) is 5.15 Å². The van der Waals surface area contributed by atoms with Crippen LogP contribution in [-0.4, -0.2) is 34.1 Å². The van der Waals surface area contributed by atoms with E-state index in [4.69, 9.17) is 11.6 Å². The van der Waals surface area contributed by atoms with Gasteiger partial charge in [-0.1, -0.05) is 31.4 Å². The Balaban J connectivity index is 2.27. The van der Waals surface area contributed by atoms with Crippen LogP contribution in [0.15, 0.2) is 9.59 Å². The van der Waals surface area contributed by atoms with Crippen molar-refractivity contribution < 1.29 is 0 Å². The molecule has 1 aliphatic rings. The van der Waals surface area contributed by atoms with Crippen LogP contribution in [0.5, 0.6) is 0 Å². The maximum absolute atomic E-state index is 12.5. The maximum Gasteiger partial charge on any atom is 0.329 e. The van der Waals surface area contributed by atoms with E-state index in [1.807, 2.05) is 13.8 Å². The third kappa shape index (κ3) is 3.77. The van der Waals surface area contributed by atoms with Crippen LogP contribution < -0.4 is 11.2 Å². The zero-order valence-corrected chi connectivity index (χ0v) is 13.6. The van der Waals surface area contributed by atoms with Gasteiger partial charge in [0.1, 0.15) is 5.15 Å². The van der Waals surface area contributed by atoms with Gasteiger partial charge >= 0.3 is 5.69 Å². The molecule has 6 heteroatoms. The minimum Gasteiger partial charge on any atom is -0.301 e. The largest absolute Gasteiger partial charge is 0.329 e. The summed E-state index contributed by atoms with van der Waals surface area (Å²) in [6, 6.07) is -0.146. The zero-order chi connectivity index (χ0) is 15.4. The van der Waals surface area contributed by atoms with Crippen molar-refractivity contribution in [3.8, 4) is 0 Å². The summed E-state index contributed by atoms with van der Waals surface area (Å²) in [5, 5.41) is 0.188. The minimum atomic E-state index is -0.408. The van der Waals surface area contributed by atoms with Gasteiger partial charge in [-0.05, 0) is 39.3 Å². The van der Waals surface area contributed by atoms with E-state index in [9.17, 15) is 9.59 Å². The fourth-order valence-electron chi connectivity index (χ4n) is 3.03. The van der Waals surface area contributed by atoms with E-state index in [0.29, 0.717) is 12.0 Å². The van der Waals surface area contributed by atoms with Crippen LogP contribution >= 0.6 is 11.6 Å². The Hall–Kier alpha value is -1.07. The molecule has 1 saturated heterocycles. The number of rotatable bonds is 5. The molecule has 0 saturated carbocycles. The molecule has 0 bridgehead atoms. The van der Waals surface area contributed by atoms with E-state index in [1.165, 1.54) is 23.8 Å². The van der Waals surface area contributed by atoms with Gasteiger partial charge in [-0.15, -0.1) is 0 Å². The van der Waals surface area contributed by atoms with E-state index in [2.05, 4.69) is 9.88 Å². The number of hydrogen-bond acceptors (Lipinski definition) is 3. The highest BCUT2D eigenvalue weighted by Gasteiger charge is 2.19. The summed E-state index contributed by atoms with van der Waals surface area (Å²) in [5.74, 6) is 0. The van der Waals surface area contributed by atoms with E-state index in [1.54, 1.807) is 0 Å². The Morgan fingerprint density at radius 2 is 1.90 bits per heavy atom. The molecule has 2 rings (SSSR count). The maximum atomic E-state index is 12.5. The van der Waals surface area contributed by atoms with Gasteiger partial charge in [-0.3, -0.25) is 14.3 Å². The topological polar surface area (TPSA) is 58.1 Å². The highest BCUT2D eigenvalue weighted by Crippen LogP contribution is 2.13. The number of nitrogens with one attached hydrogen (secondary N) is 1. The van der Waals surface area contributed by atoms with Crippen molar-refractivity contribution >= 4 is 11.6 Å². The second kappa shape index (κ2) is 7.27. The minimum absolute atomic E-state index is 0.146. The van der Waals surface area contributed by atoms with Gasteiger partial charge < -0.3 is 4.90 Å². The average Bonchev–Trinajstić information content (AvgIpc) is 2.44. The number of aromatic amines is 1. The third-order valence-electron chi connectivity index (χ3n) is 4.09. The summed E-state index contributed by atoms with van der Waals surface area (Å²) in [5.41, 5.74) is -0.131. The fourth-order valence-corrected chi connectivity index (χ4v) is 3.28. The molecule has 1 N–H and O–H groups in total. The molecule has 0 amide bonds. The van der Waals surface area contributed by atoms with Crippen molar-refractivity contribution in [2.75, 3.05) is 19.6 Å². The summed E-state index contributed by atoms with van der Waals surface area (Å²) in [6.45, 7) is 6.74. The number of halogens is 1. The first-order chi connectivity index (χ1) is 10.0. The van der Waals surface area contributed by atoms with Crippen LogP contribution in [0.3, 0.4) is 0 Å². The number of hydrogen-bond donors (Lipinski definition) is 1. The second-order valence-electron chi connectivity index (χ2n) is 5.86. The summed E-state index contributed by atoms with van der Waals surface area (Å²) < 4.78 is 1.32. The molecule has 21 heavy (non-hydrogen) atoms. The van der Waals surface area contributed by atoms with E-state index < -0.39 is 5.69 Å². The number of aromatic nitrogens is 2. The van der Waals surface area contributed by atoms with Crippen molar-refractivity contribution in [1.29, 1.82) is 0 Å². The number of nitrogens with zero attached hydrogens (tertiary/aromatic N) is 2. The lowest BCUT2D eigenvalue weighted by molar-refractivity contribution is 0.198.